The van der Waals surface area contributed by atoms with Crippen molar-refractivity contribution in [1.29, 1.82) is 0 Å². The van der Waals surface area contributed by atoms with Crippen molar-refractivity contribution >= 4 is 11.6 Å². The van der Waals surface area contributed by atoms with Gasteiger partial charge in [0.25, 0.3) is 5.91 Å². The first-order valence-corrected chi connectivity index (χ1v) is 7.78. The molecule has 0 aliphatic carbocycles. The molecule has 0 saturated heterocycles. The molecular weight excluding hydrogens is 298 g/mol. The van der Waals surface area contributed by atoms with Crippen LogP contribution in [0.3, 0.4) is 0 Å². The number of hydrogen-bond donors (Lipinski definition) is 1. The number of amides is 1. The second-order valence-corrected chi connectivity index (χ2v) is 5.64. The van der Waals surface area contributed by atoms with Crippen LogP contribution < -0.4 is 5.43 Å². The Hall–Kier alpha value is -3.14. The molecule has 0 radical (unpaired) electrons. The van der Waals surface area contributed by atoms with Gasteiger partial charge < -0.3 is 4.57 Å². The average molecular weight is 317 g/mol. The minimum Gasteiger partial charge on any atom is -0.324 e. The summed E-state index contributed by atoms with van der Waals surface area (Å²) in [5.74, 6) is -0.222. The fraction of sp³-hybridized carbons (Fsp3) is 0.100. The molecule has 1 aromatic heterocycles. The molecule has 0 fully saturated rings. The van der Waals surface area contributed by atoms with E-state index < -0.39 is 0 Å². The third kappa shape index (κ3) is 3.60. The second kappa shape index (κ2) is 6.96. The number of carbonyl (C=O) groups is 1. The fourth-order valence-corrected chi connectivity index (χ4v) is 2.35. The van der Waals surface area contributed by atoms with Crippen molar-refractivity contribution in [3.05, 3.63) is 89.7 Å². The van der Waals surface area contributed by atoms with Crippen LogP contribution in [0.4, 0.5) is 0 Å². The quantitative estimate of drug-likeness (QED) is 0.575. The maximum Gasteiger partial charge on any atom is 0.271 e. The van der Waals surface area contributed by atoms with Crippen molar-refractivity contribution in [2.75, 3.05) is 0 Å². The summed E-state index contributed by atoms with van der Waals surface area (Å²) in [6.45, 7) is 3.91. The van der Waals surface area contributed by atoms with Crippen LogP contribution in [-0.2, 0) is 0 Å². The molecule has 0 spiro atoms. The van der Waals surface area contributed by atoms with Crippen LogP contribution in [0.5, 0.6) is 0 Å². The third-order valence-corrected chi connectivity index (χ3v) is 3.83. The van der Waals surface area contributed by atoms with Crippen LogP contribution in [0.15, 0.2) is 78.2 Å². The lowest BCUT2D eigenvalue weighted by Gasteiger charge is -2.06. The van der Waals surface area contributed by atoms with Gasteiger partial charge in [0.1, 0.15) is 0 Å². The van der Waals surface area contributed by atoms with E-state index in [9.17, 15) is 4.79 Å². The number of hydrazone groups is 1. The van der Waals surface area contributed by atoms with Gasteiger partial charge in [0, 0.05) is 23.6 Å². The number of rotatable bonds is 4. The van der Waals surface area contributed by atoms with Crippen molar-refractivity contribution in [3.8, 4) is 5.69 Å². The zero-order valence-electron chi connectivity index (χ0n) is 13.7. The van der Waals surface area contributed by atoms with Crippen LogP contribution in [0.1, 0.15) is 28.4 Å². The lowest BCUT2D eigenvalue weighted by Crippen LogP contribution is -2.19. The van der Waals surface area contributed by atoms with Crippen LogP contribution in [0, 0.1) is 6.92 Å². The van der Waals surface area contributed by atoms with E-state index >= 15 is 0 Å². The summed E-state index contributed by atoms with van der Waals surface area (Å²) in [5.41, 5.74) is 7.15. The molecule has 0 aliphatic heterocycles. The van der Waals surface area contributed by atoms with Crippen molar-refractivity contribution in [2.24, 2.45) is 5.10 Å². The first-order valence-electron chi connectivity index (χ1n) is 7.78. The molecule has 4 heteroatoms. The second-order valence-electron chi connectivity index (χ2n) is 5.64. The molecule has 2 aromatic carbocycles. The molecule has 24 heavy (non-hydrogen) atoms. The molecule has 0 saturated carbocycles. The van der Waals surface area contributed by atoms with Gasteiger partial charge in [-0.05, 0) is 55.8 Å². The van der Waals surface area contributed by atoms with E-state index in [0.29, 0.717) is 5.56 Å². The summed E-state index contributed by atoms with van der Waals surface area (Å²) in [7, 11) is 0. The van der Waals surface area contributed by atoms with Gasteiger partial charge in [-0.3, -0.25) is 4.79 Å². The number of nitrogens with zero attached hydrogens (tertiary/aromatic N) is 2. The van der Waals surface area contributed by atoms with E-state index in [1.165, 1.54) is 5.56 Å². The molecule has 1 heterocycles. The lowest BCUT2D eigenvalue weighted by atomic mass is 10.1. The van der Waals surface area contributed by atoms with E-state index in [1.54, 1.807) is 12.1 Å². The summed E-state index contributed by atoms with van der Waals surface area (Å²) in [6.07, 6.45) is 3.93. The van der Waals surface area contributed by atoms with Gasteiger partial charge >= 0.3 is 0 Å². The monoisotopic (exact) mass is 317 g/mol. The predicted octanol–water partition coefficient (Wildman–Crippen LogP) is 3.94. The normalized spacial score (nSPS) is 11.3. The Morgan fingerprint density at radius 2 is 1.50 bits per heavy atom. The van der Waals surface area contributed by atoms with Gasteiger partial charge in [-0.1, -0.05) is 29.8 Å². The van der Waals surface area contributed by atoms with Gasteiger partial charge in [-0.15, -0.1) is 0 Å². The van der Waals surface area contributed by atoms with Crippen molar-refractivity contribution in [2.45, 2.75) is 13.8 Å². The summed E-state index contributed by atoms with van der Waals surface area (Å²) < 4.78 is 1.99. The maximum atomic E-state index is 12.2. The van der Waals surface area contributed by atoms with Crippen LogP contribution in [0.25, 0.3) is 5.69 Å². The minimum absolute atomic E-state index is 0.222. The molecule has 0 atom stereocenters. The third-order valence-electron chi connectivity index (χ3n) is 3.83. The van der Waals surface area contributed by atoms with Gasteiger partial charge in [0.05, 0.1) is 5.71 Å². The Labute approximate surface area is 141 Å². The van der Waals surface area contributed by atoms with E-state index in [4.69, 9.17) is 0 Å². The SMILES string of the molecule is CC(=NNC(=O)c1ccc(-n2cccc2)cc1)c1ccc(C)cc1. The molecule has 3 rings (SSSR count). The van der Waals surface area contributed by atoms with Gasteiger partial charge in [0.15, 0.2) is 0 Å². The van der Waals surface area contributed by atoms with Gasteiger partial charge in [-0.2, -0.15) is 5.10 Å². The number of nitrogens with one attached hydrogen (secondary N) is 1. The number of benzene rings is 2. The fourth-order valence-electron chi connectivity index (χ4n) is 2.35. The zero-order valence-corrected chi connectivity index (χ0v) is 13.7. The Bertz CT molecular complexity index is 845. The molecule has 4 nitrogen and oxygen atoms in total. The zero-order chi connectivity index (χ0) is 16.9. The topological polar surface area (TPSA) is 46.4 Å². The first kappa shape index (κ1) is 15.7. The van der Waals surface area contributed by atoms with Gasteiger partial charge in [-0.25, -0.2) is 5.43 Å². The van der Waals surface area contributed by atoms with Crippen molar-refractivity contribution in [1.82, 2.24) is 9.99 Å². The highest BCUT2D eigenvalue weighted by molar-refractivity contribution is 6.00. The maximum absolute atomic E-state index is 12.2. The summed E-state index contributed by atoms with van der Waals surface area (Å²) in [4.78, 5) is 12.2. The molecule has 0 bridgehead atoms. The molecule has 0 unspecified atom stereocenters. The Kier molecular flexibility index (Phi) is 4.57. The van der Waals surface area contributed by atoms with Gasteiger partial charge in [0.2, 0.25) is 0 Å². The average Bonchev–Trinajstić information content (AvgIpc) is 3.15. The first-order chi connectivity index (χ1) is 11.6. The van der Waals surface area contributed by atoms with Crippen molar-refractivity contribution in [3.63, 3.8) is 0 Å². The van der Waals surface area contributed by atoms with Crippen LogP contribution in [-0.4, -0.2) is 16.2 Å². The standard InChI is InChI=1S/C20H19N3O/c1-15-5-7-17(8-6-15)16(2)21-22-20(24)18-9-11-19(12-10-18)23-13-3-4-14-23/h3-14H,1-2H3,(H,22,24). The van der Waals surface area contributed by atoms with E-state index in [2.05, 4.69) is 10.5 Å². The molecule has 1 N–H and O–H groups in total. The Balaban J connectivity index is 1.68. The highest BCUT2D eigenvalue weighted by atomic mass is 16.2. The Morgan fingerprint density at radius 1 is 0.917 bits per heavy atom. The predicted molar refractivity (Wildman–Crippen MR) is 96.6 cm³/mol. The van der Waals surface area contributed by atoms with E-state index in [-0.39, 0.29) is 5.91 Å². The molecule has 120 valence electrons. The molecule has 1 amide bonds. The molecule has 0 aliphatic rings. The molecule has 3 aromatic rings. The number of aryl methyl sites for hydroxylation is 1. The highest BCUT2D eigenvalue weighted by Gasteiger charge is 2.05. The van der Waals surface area contributed by atoms with Crippen molar-refractivity contribution < 1.29 is 4.79 Å². The van der Waals surface area contributed by atoms with E-state index in [0.717, 1.165) is 17.0 Å². The number of carbonyl (C=O) groups excluding carboxylic acids is 1. The van der Waals surface area contributed by atoms with E-state index in [1.807, 2.05) is 79.3 Å². The summed E-state index contributed by atoms with van der Waals surface area (Å²) in [6, 6.07) is 19.4. The van der Waals surface area contributed by atoms with Crippen LogP contribution in [0.2, 0.25) is 0 Å². The largest absolute Gasteiger partial charge is 0.324 e. The number of hydrogen-bond acceptors (Lipinski definition) is 2. The summed E-state index contributed by atoms with van der Waals surface area (Å²) >= 11 is 0. The molecular formula is C20H19N3O. The highest BCUT2D eigenvalue weighted by Crippen LogP contribution is 2.10. The van der Waals surface area contributed by atoms with Crippen LogP contribution >= 0.6 is 0 Å². The minimum atomic E-state index is -0.222. The Morgan fingerprint density at radius 3 is 2.12 bits per heavy atom. The number of aromatic nitrogens is 1. The summed E-state index contributed by atoms with van der Waals surface area (Å²) in [5, 5.41) is 4.18. The smallest absolute Gasteiger partial charge is 0.271 e. The lowest BCUT2D eigenvalue weighted by molar-refractivity contribution is 0.0955.